The van der Waals surface area contributed by atoms with Crippen LogP contribution in [0.25, 0.3) is 10.9 Å². The molecule has 2 N–H and O–H groups in total. The van der Waals surface area contributed by atoms with E-state index in [1.54, 1.807) is 19.2 Å². The molecule has 0 saturated carbocycles. The third-order valence-corrected chi connectivity index (χ3v) is 3.54. The van der Waals surface area contributed by atoms with Crippen LogP contribution in [-0.2, 0) is 0 Å². The van der Waals surface area contributed by atoms with Crippen LogP contribution in [0.2, 0.25) is 5.02 Å². The molecule has 0 spiro atoms. The fraction of sp³-hybridized carbons (Fsp3) is 0.125. The van der Waals surface area contributed by atoms with Crippen LogP contribution in [0.1, 0.15) is 0 Å². The van der Waals surface area contributed by atoms with Gasteiger partial charge in [-0.25, -0.2) is 4.98 Å². The molecular weight excluding hydrogens is 300 g/mol. The van der Waals surface area contributed by atoms with Crippen LogP contribution < -0.4 is 15.4 Å². The van der Waals surface area contributed by atoms with Crippen molar-refractivity contribution in [1.29, 1.82) is 0 Å². The summed E-state index contributed by atoms with van der Waals surface area (Å²) in [5, 5.41) is 7.75. The summed E-state index contributed by atoms with van der Waals surface area (Å²) in [6.45, 7) is 0. The van der Waals surface area contributed by atoms with E-state index >= 15 is 0 Å². The Bertz CT molecular complexity index is 822. The van der Waals surface area contributed by atoms with Gasteiger partial charge in [-0.3, -0.25) is 0 Å². The number of hydrogen-bond donors (Lipinski definition) is 2. The summed E-state index contributed by atoms with van der Waals surface area (Å²) in [7, 11) is 3.42. The molecule has 6 heteroatoms. The molecule has 0 radical (unpaired) electrons. The molecule has 1 heterocycles. The predicted octanol–water partition coefficient (Wildman–Crippen LogP) is 4.08. The van der Waals surface area contributed by atoms with E-state index in [9.17, 15) is 0 Å². The van der Waals surface area contributed by atoms with Gasteiger partial charge in [0, 0.05) is 18.1 Å². The molecule has 0 fully saturated rings. The number of nitrogens with one attached hydrogen (secondary N) is 2. The fourth-order valence-electron chi connectivity index (χ4n) is 2.20. The lowest BCUT2D eigenvalue weighted by atomic mass is 10.2. The third kappa shape index (κ3) is 2.76. The molecule has 112 valence electrons. The van der Waals surface area contributed by atoms with E-state index in [2.05, 4.69) is 20.6 Å². The minimum atomic E-state index is 0.504. The Morgan fingerprint density at radius 1 is 1.09 bits per heavy atom. The van der Waals surface area contributed by atoms with Gasteiger partial charge >= 0.3 is 0 Å². The highest BCUT2D eigenvalue weighted by Gasteiger charge is 2.07. The highest BCUT2D eigenvalue weighted by molar-refractivity contribution is 6.32. The number of aromatic nitrogens is 2. The monoisotopic (exact) mass is 314 g/mol. The number of fused-ring (bicyclic) bond motifs is 1. The summed E-state index contributed by atoms with van der Waals surface area (Å²) >= 11 is 6.13. The minimum absolute atomic E-state index is 0.504. The zero-order valence-electron chi connectivity index (χ0n) is 12.2. The summed E-state index contributed by atoms with van der Waals surface area (Å²) in [4.78, 5) is 8.99. The van der Waals surface area contributed by atoms with Gasteiger partial charge in [0.05, 0.1) is 17.6 Å². The van der Waals surface area contributed by atoms with Crippen LogP contribution in [0.3, 0.4) is 0 Å². The Labute approximate surface area is 133 Å². The summed E-state index contributed by atoms with van der Waals surface area (Å²) in [6.07, 6.45) is 0. The number of hydrogen-bond acceptors (Lipinski definition) is 5. The van der Waals surface area contributed by atoms with Crippen molar-refractivity contribution in [2.24, 2.45) is 0 Å². The lowest BCUT2D eigenvalue weighted by Gasteiger charge is -2.10. The molecule has 3 aromatic rings. The molecule has 0 amide bonds. The van der Waals surface area contributed by atoms with Gasteiger partial charge in [0.15, 0.2) is 0 Å². The third-order valence-electron chi connectivity index (χ3n) is 3.25. The molecule has 3 rings (SSSR count). The molecule has 0 aliphatic heterocycles. The van der Waals surface area contributed by atoms with Crippen LogP contribution >= 0.6 is 11.6 Å². The SMILES string of the molecule is CNc1nc(Nc2ccc(OC)c(Cl)c2)nc2ccccc12. The van der Waals surface area contributed by atoms with Crippen LogP contribution in [0.15, 0.2) is 42.5 Å². The number of halogens is 1. The Morgan fingerprint density at radius 2 is 1.91 bits per heavy atom. The van der Waals surface area contributed by atoms with Gasteiger partial charge < -0.3 is 15.4 Å². The van der Waals surface area contributed by atoms with Crippen molar-refractivity contribution in [2.45, 2.75) is 0 Å². The van der Waals surface area contributed by atoms with Crippen LogP contribution in [-0.4, -0.2) is 24.1 Å². The van der Waals surface area contributed by atoms with Gasteiger partial charge in [-0.15, -0.1) is 0 Å². The zero-order valence-corrected chi connectivity index (χ0v) is 13.0. The highest BCUT2D eigenvalue weighted by Crippen LogP contribution is 2.29. The molecule has 0 aliphatic carbocycles. The van der Waals surface area contributed by atoms with Crippen molar-refractivity contribution in [3.05, 3.63) is 47.5 Å². The van der Waals surface area contributed by atoms with Crippen molar-refractivity contribution in [3.8, 4) is 5.75 Å². The molecule has 0 unspecified atom stereocenters. The van der Waals surface area contributed by atoms with Crippen molar-refractivity contribution in [2.75, 3.05) is 24.8 Å². The van der Waals surface area contributed by atoms with E-state index in [-0.39, 0.29) is 0 Å². The summed E-state index contributed by atoms with van der Waals surface area (Å²) in [5.74, 6) is 1.90. The Morgan fingerprint density at radius 3 is 2.64 bits per heavy atom. The quantitative estimate of drug-likeness (QED) is 0.760. The molecule has 5 nitrogen and oxygen atoms in total. The fourth-order valence-corrected chi connectivity index (χ4v) is 2.45. The first-order valence-electron chi connectivity index (χ1n) is 6.76. The molecular formula is C16H15ClN4O. The van der Waals surface area contributed by atoms with E-state index in [1.807, 2.05) is 37.4 Å². The van der Waals surface area contributed by atoms with Gasteiger partial charge in [0.25, 0.3) is 0 Å². The van der Waals surface area contributed by atoms with Crippen molar-refractivity contribution < 1.29 is 4.74 Å². The van der Waals surface area contributed by atoms with E-state index in [0.29, 0.717) is 16.7 Å². The number of benzene rings is 2. The average molecular weight is 315 g/mol. The molecule has 1 aromatic heterocycles. The molecule has 0 bridgehead atoms. The Hall–Kier alpha value is -2.53. The number of para-hydroxylation sites is 1. The second kappa shape index (κ2) is 6.07. The first-order valence-corrected chi connectivity index (χ1v) is 7.14. The number of rotatable bonds is 4. The average Bonchev–Trinajstić information content (AvgIpc) is 2.54. The van der Waals surface area contributed by atoms with Gasteiger partial charge in [-0.05, 0) is 30.3 Å². The molecule has 0 saturated heterocycles. The van der Waals surface area contributed by atoms with Crippen molar-refractivity contribution >= 4 is 40.0 Å². The Balaban J connectivity index is 1.98. The number of nitrogens with zero attached hydrogens (tertiary/aromatic N) is 2. The van der Waals surface area contributed by atoms with Crippen molar-refractivity contribution in [1.82, 2.24) is 9.97 Å². The first-order chi connectivity index (χ1) is 10.7. The summed E-state index contributed by atoms with van der Waals surface area (Å²) < 4.78 is 5.14. The maximum absolute atomic E-state index is 6.13. The lowest BCUT2D eigenvalue weighted by molar-refractivity contribution is 0.415. The van der Waals surface area contributed by atoms with Gasteiger partial charge in [-0.2, -0.15) is 4.98 Å². The molecule has 0 aliphatic rings. The predicted molar refractivity (Wildman–Crippen MR) is 90.4 cm³/mol. The number of anilines is 3. The van der Waals surface area contributed by atoms with E-state index < -0.39 is 0 Å². The maximum atomic E-state index is 6.13. The standard InChI is InChI=1S/C16H15ClN4O/c1-18-15-11-5-3-4-6-13(11)20-16(21-15)19-10-7-8-14(22-2)12(17)9-10/h3-9H,1-2H3,(H2,18,19,20,21). The zero-order chi connectivity index (χ0) is 15.5. The van der Waals surface area contributed by atoms with Crippen LogP contribution in [0.5, 0.6) is 5.75 Å². The Kier molecular flexibility index (Phi) is 3.98. The summed E-state index contributed by atoms with van der Waals surface area (Å²) in [5.41, 5.74) is 1.66. The highest BCUT2D eigenvalue weighted by atomic mass is 35.5. The minimum Gasteiger partial charge on any atom is -0.495 e. The first kappa shape index (κ1) is 14.4. The topological polar surface area (TPSA) is 59.1 Å². The lowest BCUT2D eigenvalue weighted by Crippen LogP contribution is -2.02. The maximum Gasteiger partial charge on any atom is 0.229 e. The molecule has 0 atom stereocenters. The number of ether oxygens (including phenoxy) is 1. The number of methoxy groups -OCH3 is 1. The van der Waals surface area contributed by atoms with Crippen LogP contribution in [0, 0.1) is 0 Å². The van der Waals surface area contributed by atoms with E-state index in [0.717, 1.165) is 22.4 Å². The van der Waals surface area contributed by atoms with Crippen LogP contribution in [0.4, 0.5) is 17.5 Å². The molecule has 2 aromatic carbocycles. The molecule has 22 heavy (non-hydrogen) atoms. The van der Waals surface area contributed by atoms with Crippen molar-refractivity contribution in [3.63, 3.8) is 0 Å². The van der Waals surface area contributed by atoms with Gasteiger partial charge in [0.2, 0.25) is 5.95 Å². The summed E-state index contributed by atoms with van der Waals surface area (Å²) in [6, 6.07) is 13.3. The normalized spacial score (nSPS) is 10.5. The second-order valence-corrected chi connectivity index (χ2v) is 5.04. The van der Waals surface area contributed by atoms with E-state index in [4.69, 9.17) is 16.3 Å². The van der Waals surface area contributed by atoms with Gasteiger partial charge in [0.1, 0.15) is 11.6 Å². The largest absolute Gasteiger partial charge is 0.495 e. The smallest absolute Gasteiger partial charge is 0.229 e. The van der Waals surface area contributed by atoms with E-state index in [1.165, 1.54) is 0 Å². The van der Waals surface area contributed by atoms with Gasteiger partial charge in [-0.1, -0.05) is 23.7 Å². The second-order valence-electron chi connectivity index (χ2n) is 4.64.